The highest BCUT2D eigenvalue weighted by Crippen LogP contribution is 2.31. The lowest BCUT2D eigenvalue weighted by Crippen LogP contribution is -2.44. The van der Waals surface area contributed by atoms with Gasteiger partial charge in [-0.1, -0.05) is 44.2 Å². The molecule has 0 bridgehead atoms. The fourth-order valence-corrected chi connectivity index (χ4v) is 3.21. The minimum absolute atomic E-state index is 0.221. The highest BCUT2D eigenvalue weighted by molar-refractivity contribution is 5.70. The van der Waals surface area contributed by atoms with Crippen LogP contribution >= 0.6 is 0 Å². The van der Waals surface area contributed by atoms with Crippen molar-refractivity contribution in [3.8, 4) is 0 Å². The molecule has 3 atom stereocenters. The van der Waals surface area contributed by atoms with Crippen LogP contribution in [0.3, 0.4) is 0 Å². The zero-order chi connectivity index (χ0) is 13.8. The van der Waals surface area contributed by atoms with Gasteiger partial charge in [0, 0.05) is 19.1 Å². The fraction of sp³-hybridized carbons (Fsp3) is 0.562. The number of rotatable bonds is 4. The summed E-state index contributed by atoms with van der Waals surface area (Å²) < 4.78 is 0. The van der Waals surface area contributed by atoms with Crippen LogP contribution in [-0.2, 0) is 4.79 Å². The van der Waals surface area contributed by atoms with E-state index in [1.54, 1.807) is 0 Å². The summed E-state index contributed by atoms with van der Waals surface area (Å²) in [4.78, 5) is 13.6. The summed E-state index contributed by atoms with van der Waals surface area (Å²) in [6.45, 7) is 6.00. The van der Waals surface area contributed by atoms with Crippen molar-refractivity contribution in [3.63, 3.8) is 0 Å². The third-order valence-electron chi connectivity index (χ3n) is 4.05. The Morgan fingerprint density at radius 2 is 2.05 bits per heavy atom. The average Bonchev–Trinajstić information content (AvgIpc) is 2.40. The van der Waals surface area contributed by atoms with E-state index < -0.39 is 5.97 Å². The number of nitrogens with zero attached hydrogens (tertiary/aromatic N) is 1. The average molecular weight is 261 g/mol. The first-order valence-corrected chi connectivity index (χ1v) is 7.13. The van der Waals surface area contributed by atoms with E-state index in [0.717, 1.165) is 19.4 Å². The number of piperidine rings is 1. The number of carboxylic acid groups (broad SMARTS) is 1. The monoisotopic (exact) mass is 261 g/mol. The van der Waals surface area contributed by atoms with Gasteiger partial charge in [0.15, 0.2) is 0 Å². The van der Waals surface area contributed by atoms with Crippen LogP contribution in [0.2, 0.25) is 0 Å². The second kappa shape index (κ2) is 6.20. The van der Waals surface area contributed by atoms with Crippen molar-refractivity contribution < 1.29 is 9.90 Å². The van der Waals surface area contributed by atoms with Gasteiger partial charge in [0.2, 0.25) is 0 Å². The minimum atomic E-state index is -0.653. The van der Waals surface area contributed by atoms with Crippen LogP contribution in [0.4, 0.5) is 0 Å². The molecule has 3 nitrogen and oxygen atoms in total. The number of hydrogen-bond donors (Lipinski definition) is 1. The van der Waals surface area contributed by atoms with E-state index >= 15 is 0 Å². The third-order valence-corrected chi connectivity index (χ3v) is 4.05. The van der Waals surface area contributed by atoms with Crippen molar-refractivity contribution in [1.82, 2.24) is 4.90 Å². The molecule has 3 unspecified atom stereocenters. The molecule has 19 heavy (non-hydrogen) atoms. The lowest BCUT2D eigenvalue weighted by atomic mass is 9.88. The Morgan fingerprint density at radius 3 is 2.63 bits per heavy atom. The molecular weight excluding hydrogens is 238 g/mol. The summed E-state index contributed by atoms with van der Waals surface area (Å²) in [6.07, 6.45) is 1.82. The van der Waals surface area contributed by atoms with E-state index in [9.17, 15) is 9.90 Å². The van der Waals surface area contributed by atoms with Crippen molar-refractivity contribution in [2.24, 2.45) is 11.8 Å². The lowest BCUT2D eigenvalue weighted by molar-refractivity contribution is -0.144. The van der Waals surface area contributed by atoms with Gasteiger partial charge in [-0.25, -0.2) is 0 Å². The third kappa shape index (κ3) is 3.35. The molecule has 1 N–H and O–H groups in total. The Morgan fingerprint density at radius 1 is 1.37 bits per heavy atom. The summed E-state index contributed by atoms with van der Waals surface area (Å²) in [7, 11) is 0. The van der Waals surface area contributed by atoms with Gasteiger partial charge in [0.05, 0.1) is 5.92 Å². The molecule has 1 aliphatic heterocycles. The van der Waals surface area contributed by atoms with Gasteiger partial charge in [-0.2, -0.15) is 0 Å². The maximum atomic E-state index is 11.3. The van der Waals surface area contributed by atoms with Crippen molar-refractivity contribution in [1.29, 1.82) is 0 Å². The predicted molar refractivity (Wildman–Crippen MR) is 76.0 cm³/mol. The summed E-state index contributed by atoms with van der Waals surface area (Å²) >= 11 is 0. The Balaban J connectivity index is 2.16. The number of aliphatic carboxylic acids is 1. The molecule has 0 spiro atoms. The molecule has 1 fully saturated rings. The number of hydrogen-bond acceptors (Lipinski definition) is 2. The largest absolute Gasteiger partial charge is 0.481 e. The number of carboxylic acids is 1. The molecule has 0 amide bonds. The van der Waals surface area contributed by atoms with E-state index in [1.165, 1.54) is 5.56 Å². The summed E-state index contributed by atoms with van der Waals surface area (Å²) in [6, 6.07) is 10.8. The van der Waals surface area contributed by atoms with Crippen LogP contribution in [0, 0.1) is 11.8 Å². The molecule has 2 rings (SSSR count). The summed E-state index contributed by atoms with van der Waals surface area (Å²) in [5.74, 6) is -0.423. The van der Waals surface area contributed by atoms with Gasteiger partial charge in [-0.05, 0) is 24.3 Å². The normalized spacial score (nSPS) is 26.0. The molecule has 1 heterocycles. The van der Waals surface area contributed by atoms with E-state index in [4.69, 9.17) is 0 Å². The van der Waals surface area contributed by atoms with Crippen molar-refractivity contribution >= 4 is 5.97 Å². The van der Waals surface area contributed by atoms with Gasteiger partial charge >= 0.3 is 5.97 Å². The molecular formula is C16H23NO2. The highest BCUT2D eigenvalue weighted by Gasteiger charge is 2.32. The van der Waals surface area contributed by atoms with E-state index in [0.29, 0.717) is 18.5 Å². The topological polar surface area (TPSA) is 40.5 Å². The molecule has 0 radical (unpaired) electrons. The van der Waals surface area contributed by atoms with Gasteiger partial charge in [-0.3, -0.25) is 9.69 Å². The van der Waals surface area contributed by atoms with E-state index in [-0.39, 0.29) is 5.92 Å². The Kier molecular flexibility index (Phi) is 4.59. The molecule has 3 heteroatoms. The number of likely N-dealkylation sites (tertiary alicyclic amines) is 1. The van der Waals surface area contributed by atoms with Crippen LogP contribution < -0.4 is 0 Å². The van der Waals surface area contributed by atoms with E-state index in [2.05, 4.69) is 43.0 Å². The standard InChI is InChI=1S/C16H23NO2/c1-3-15(13-7-5-4-6-8-13)17-10-12(2)9-14(11-17)16(18)19/h4-8,12,14-15H,3,9-11H2,1-2H3,(H,18,19). The molecule has 0 aliphatic carbocycles. The summed E-state index contributed by atoms with van der Waals surface area (Å²) in [5.41, 5.74) is 1.29. The smallest absolute Gasteiger partial charge is 0.307 e. The quantitative estimate of drug-likeness (QED) is 0.905. The predicted octanol–water partition coefficient (Wildman–Crippen LogP) is 3.18. The minimum Gasteiger partial charge on any atom is -0.481 e. The SMILES string of the molecule is CCC(c1ccccc1)N1CC(C)CC(C(=O)O)C1. The van der Waals surface area contributed by atoms with Crippen LogP contribution in [0.25, 0.3) is 0 Å². The Hall–Kier alpha value is -1.35. The molecule has 1 aromatic rings. The first kappa shape index (κ1) is 14.1. The van der Waals surface area contributed by atoms with Crippen LogP contribution in [0.5, 0.6) is 0 Å². The molecule has 1 aromatic carbocycles. The maximum Gasteiger partial charge on any atom is 0.307 e. The highest BCUT2D eigenvalue weighted by atomic mass is 16.4. The molecule has 0 aromatic heterocycles. The van der Waals surface area contributed by atoms with Crippen LogP contribution in [-0.4, -0.2) is 29.1 Å². The van der Waals surface area contributed by atoms with Gasteiger partial charge < -0.3 is 5.11 Å². The van der Waals surface area contributed by atoms with E-state index in [1.807, 2.05) is 6.07 Å². The Labute approximate surface area is 115 Å². The van der Waals surface area contributed by atoms with Crippen molar-refractivity contribution in [2.75, 3.05) is 13.1 Å². The maximum absolute atomic E-state index is 11.3. The zero-order valence-electron chi connectivity index (χ0n) is 11.7. The summed E-state index contributed by atoms with van der Waals surface area (Å²) in [5, 5.41) is 9.27. The van der Waals surface area contributed by atoms with Crippen molar-refractivity contribution in [2.45, 2.75) is 32.7 Å². The Bertz CT molecular complexity index is 418. The molecule has 0 saturated carbocycles. The zero-order valence-corrected chi connectivity index (χ0v) is 11.7. The van der Waals surface area contributed by atoms with Gasteiger partial charge in [-0.15, -0.1) is 0 Å². The number of benzene rings is 1. The molecule has 1 saturated heterocycles. The first-order valence-electron chi connectivity index (χ1n) is 7.13. The second-order valence-corrected chi connectivity index (χ2v) is 5.66. The van der Waals surface area contributed by atoms with Crippen molar-refractivity contribution in [3.05, 3.63) is 35.9 Å². The number of carbonyl (C=O) groups is 1. The molecule has 104 valence electrons. The van der Waals surface area contributed by atoms with Crippen LogP contribution in [0.15, 0.2) is 30.3 Å². The van der Waals surface area contributed by atoms with Gasteiger partial charge in [0.1, 0.15) is 0 Å². The second-order valence-electron chi connectivity index (χ2n) is 5.66. The first-order chi connectivity index (χ1) is 9.11. The van der Waals surface area contributed by atoms with Crippen LogP contribution in [0.1, 0.15) is 38.3 Å². The fourth-order valence-electron chi connectivity index (χ4n) is 3.21. The molecule has 1 aliphatic rings. The lowest BCUT2D eigenvalue weighted by Gasteiger charge is -2.39. The van der Waals surface area contributed by atoms with Gasteiger partial charge in [0.25, 0.3) is 0 Å².